The highest BCUT2D eigenvalue weighted by Crippen LogP contribution is 2.20. The van der Waals surface area contributed by atoms with Crippen LogP contribution in [0.3, 0.4) is 0 Å². The molecule has 0 saturated carbocycles. The zero-order chi connectivity index (χ0) is 10.5. The summed E-state index contributed by atoms with van der Waals surface area (Å²) in [5.74, 6) is 0. The molecular weight excluding hydrogens is 222 g/mol. The van der Waals surface area contributed by atoms with E-state index >= 15 is 0 Å². The molecule has 3 heteroatoms. The molecule has 0 radical (unpaired) electrons. The van der Waals surface area contributed by atoms with Gasteiger partial charge < -0.3 is 0 Å². The van der Waals surface area contributed by atoms with Crippen LogP contribution in [0.1, 0.15) is 12.8 Å². The van der Waals surface area contributed by atoms with E-state index in [0.717, 1.165) is 19.4 Å². The van der Waals surface area contributed by atoms with Crippen molar-refractivity contribution >= 4 is 32.1 Å². The summed E-state index contributed by atoms with van der Waals surface area (Å²) in [6.45, 7) is 4.62. The first-order chi connectivity index (χ1) is 7.40. The smallest absolute Gasteiger partial charge is 0.167 e. The Morgan fingerprint density at radius 1 is 1.20 bits per heavy atom. The second-order valence-electron chi connectivity index (χ2n) is 3.23. The van der Waals surface area contributed by atoms with Crippen LogP contribution in [0.25, 0.3) is 9.40 Å². The first-order valence-corrected chi connectivity index (χ1v) is 6.63. The summed E-state index contributed by atoms with van der Waals surface area (Å²) in [5.41, 5.74) is 0. The quantitative estimate of drug-likeness (QED) is 0.564. The number of nitrogens with zero attached hydrogens (tertiary/aromatic N) is 1. The Kier molecular flexibility index (Phi) is 3.69. The van der Waals surface area contributed by atoms with Crippen molar-refractivity contribution in [2.45, 2.75) is 12.8 Å². The van der Waals surface area contributed by atoms with Crippen LogP contribution in [0.5, 0.6) is 0 Å². The van der Waals surface area contributed by atoms with Gasteiger partial charge in [-0.15, -0.1) is 29.3 Å². The van der Waals surface area contributed by atoms with Crippen molar-refractivity contribution < 1.29 is 0 Å². The summed E-state index contributed by atoms with van der Waals surface area (Å²) in [7, 11) is 0. The van der Waals surface area contributed by atoms with Crippen LogP contribution < -0.4 is 3.98 Å². The van der Waals surface area contributed by atoms with E-state index in [1.165, 1.54) is 13.4 Å². The number of unbranched alkanes of at least 4 members (excludes halogenated alkanes) is 1. The van der Waals surface area contributed by atoms with Crippen LogP contribution >= 0.6 is 22.7 Å². The molecule has 0 unspecified atom stereocenters. The van der Waals surface area contributed by atoms with E-state index in [1.54, 1.807) is 22.7 Å². The van der Waals surface area contributed by atoms with Crippen molar-refractivity contribution in [2.24, 2.45) is 4.99 Å². The molecule has 1 aromatic heterocycles. The van der Waals surface area contributed by atoms with Gasteiger partial charge in [0.1, 0.15) is 0 Å². The third-order valence-corrected chi connectivity index (χ3v) is 4.44. The van der Waals surface area contributed by atoms with Gasteiger partial charge in [0, 0.05) is 15.9 Å². The summed E-state index contributed by atoms with van der Waals surface area (Å²) < 4.78 is 3.86. The van der Waals surface area contributed by atoms with Crippen molar-refractivity contribution in [3.63, 3.8) is 0 Å². The highest BCUT2D eigenvalue weighted by Gasteiger charge is 1.95. The number of fused-ring (bicyclic) bond motifs is 1. The second kappa shape index (κ2) is 5.24. The molecule has 78 valence electrons. The van der Waals surface area contributed by atoms with Gasteiger partial charge in [0.05, 0.1) is 0 Å². The summed E-state index contributed by atoms with van der Waals surface area (Å²) >= 11 is 3.56. The summed E-state index contributed by atoms with van der Waals surface area (Å²) in [4.78, 5) is 4.57. The standard InChI is InChI=1S/C12H13NS2/c1-2-3-6-9-13-12-14-10-7-4-5-8-11(10)15-12/h2,4-5,7-8H,1,3,6,9H2. The van der Waals surface area contributed by atoms with Crippen LogP contribution in [-0.4, -0.2) is 6.54 Å². The molecule has 1 heterocycles. The molecule has 0 atom stereocenters. The summed E-state index contributed by atoms with van der Waals surface area (Å²) in [6, 6.07) is 8.46. The fourth-order valence-electron chi connectivity index (χ4n) is 1.30. The Morgan fingerprint density at radius 2 is 1.87 bits per heavy atom. The van der Waals surface area contributed by atoms with E-state index in [2.05, 4.69) is 35.8 Å². The largest absolute Gasteiger partial charge is 0.265 e. The zero-order valence-corrected chi connectivity index (χ0v) is 10.1. The third kappa shape index (κ3) is 2.76. The molecule has 2 rings (SSSR count). The summed E-state index contributed by atoms with van der Waals surface area (Å²) in [6.07, 6.45) is 4.10. The van der Waals surface area contributed by atoms with Gasteiger partial charge >= 0.3 is 0 Å². The van der Waals surface area contributed by atoms with Gasteiger partial charge in [-0.1, -0.05) is 18.2 Å². The second-order valence-corrected chi connectivity index (χ2v) is 5.55. The van der Waals surface area contributed by atoms with Gasteiger partial charge in [-0.2, -0.15) is 0 Å². The number of hydrogen-bond donors (Lipinski definition) is 0. The maximum Gasteiger partial charge on any atom is 0.167 e. The Balaban J connectivity index is 2.17. The Bertz CT molecular complexity index is 471. The van der Waals surface area contributed by atoms with Crippen molar-refractivity contribution in [3.8, 4) is 0 Å². The van der Waals surface area contributed by atoms with Crippen LogP contribution in [0.15, 0.2) is 41.9 Å². The topological polar surface area (TPSA) is 12.4 Å². The average molecular weight is 235 g/mol. The SMILES string of the molecule is C=CCCCN=c1sc2ccccc2s1. The molecule has 0 aliphatic rings. The average Bonchev–Trinajstić information content (AvgIpc) is 2.67. The lowest BCUT2D eigenvalue weighted by atomic mass is 10.3. The Labute approximate surface area is 97.4 Å². The van der Waals surface area contributed by atoms with Gasteiger partial charge in [0.25, 0.3) is 0 Å². The first kappa shape index (κ1) is 10.6. The Morgan fingerprint density at radius 3 is 2.47 bits per heavy atom. The van der Waals surface area contributed by atoms with E-state index in [0.29, 0.717) is 0 Å². The lowest BCUT2D eigenvalue weighted by molar-refractivity contribution is 0.846. The molecule has 1 aromatic carbocycles. The van der Waals surface area contributed by atoms with Crippen molar-refractivity contribution in [1.29, 1.82) is 0 Å². The molecule has 2 aromatic rings. The highest BCUT2D eigenvalue weighted by atomic mass is 32.2. The molecule has 0 amide bonds. The van der Waals surface area contributed by atoms with E-state index < -0.39 is 0 Å². The molecular formula is C12H13NS2. The van der Waals surface area contributed by atoms with E-state index in [4.69, 9.17) is 0 Å². The van der Waals surface area contributed by atoms with Crippen LogP contribution in [0.4, 0.5) is 0 Å². The first-order valence-electron chi connectivity index (χ1n) is 5.00. The minimum absolute atomic E-state index is 0.912. The summed E-state index contributed by atoms with van der Waals surface area (Å²) in [5, 5.41) is 0. The van der Waals surface area contributed by atoms with Crippen molar-refractivity contribution in [1.82, 2.24) is 0 Å². The Hall–Kier alpha value is -0.930. The molecule has 0 saturated heterocycles. The van der Waals surface area contributed by atoms with Gasteiger partial charge in [-0.25, -0.2) is 0 Å². The number of benzene rings is 1. The van der Waals surface area contributed by atoms with Crippen molar-refractivity contribution in [2.75, 3.05) is 6.54 Å². The minimum atomic E-state index is 0.912. The van der Waals surface area contributed by atoms with Gasteiger partial charge in [0.15, 0.2) is 3.98 Å². The fourth-order valence-corrected chi connectivity index (χ4v) is 3.57. The molecule has 0 N–H and O–H groups in total. The molecule has 0 aliphatic heterocycles. The maximum atomic E-state index is 4.57. The number of hydrogen-bond acceptors (Lipinski definition) is 3. The molecule has 1 nitrogen and oxygen atoms in total. The lowest BCUT2D eigenvalue weighted by Crippen LogP contribution is -1.89. The van der Waals surface area contributed by atoms with E-state index in [-0.39, 0.29) is 0 Å². The maximum absolute atomic E-state index is 4.57. The van der Waals surface area contributed by atoms with Crippen molar-refractivity contribution in [3.05, 3.63) is 40.9 Å². The predicted octanol–water partition coefficient (Wildman–Crippen LogP) is 3.83. The van der Waals surface area contributed by atoms with E-state index in [1.807, 2.05) is 6.08 Å². The fraction of sp³-hybridized carbons (Fsp3) is 0.250. The zero-order valence-electron chi connectivity index (χ0n) is 8.48. The van der Waals surface area contributed by atoms with Gasteiger partial charge in [-0.05, 0) is 25.0 Å². The molecule has 0 spiro atoms. The number of allylic oxidation sites excluding steroid dienone is 1. The van der Waals surface area contributed by atoms with Crippen LogP contribution in [-0.2, 0) is 0 Å². The molecule has 0 bridgehead atoms. The molecule has 15 heavy (non-hydrogen) atoms. The van der Waals surface area contributed by atoms with Crippen LogP contribution in [0.2, 0.25) is 0 Å². The highest BCUT2D eigenvalue weighted by molar-refractivity contribution is 7.35. The normalized spacial score (nSPS) is 10.4. The van der Waals surface area contributed by atoms with Crippen LogP contribution in [0, 0.1) is 0 Å². The van der Waals surface area contributed by atoms with Gasteiger partial charge in [-0.3, -0.25) is 4.99 Å². The minimum Gasteiger partial charge on any atom is -0.265 e. The molecule has 0 fully saturated rings. The predicted molar refractivity (Wildman–Crippen MR) is 69.6 cm³/mol. The monoisotopic (exact) mass is 235 g/mol. The number of rotatable bonds is 4. The molecule has 0 aliphatic carbocycles. The third-order valence-electron chi connectivity index (χ3n) is 2.05. The van der Waals surface area contributed by atoms with Gasteiger partial charge in [0.2, 0.25) is 0 Å². The van der Waals surface area contributed by atoms with E-state index in [9.17, 15) is 0 Å². The lowest BCUT2D eigenvalue weighted by Gasteiger charge is -1.86.